The summed E-state index contributed by atoms with van der Waals surface area (Å²) in [5.74, 6) is -1.69. The van der Waals surface area contributed by atoms with Crippen molar-refractivity contribution in [1.29, 1.82) is 0 Å². The van der Waals surface area contributed by atoms with E-state index in [0.29, 0.717) is 37.1 Å². The summed E-state index contributed by atoms with van der Waals surface area (Å²) in [7, 11) is 0. The maximum Gasteiger partial charge on any atom is 0.412 e. The molecule has 2 fully saturated rings. The van der Waals surface area contributed by atoms with Crippen LogP contribution < -0.4 is 32.7 Å². The fraction of sp³-hybridized carbons (Fsp3) is 0.647. The smallest absolute Gasteiger partial charge is 0.412 e. The van der Waals surface area contributed by atoms with Gasteiger partial charge in [0, 0.05) is 30.3 Å². The highest BCUT2D eigenvalue weighted by Crippen LogP contribution is 2.60. The molecule has 6 rings (SSSR count). The van der Waals surface area contributed by atoms with E-state index in [-0.39, 0.29) is 59.6 Å². The van der Waals surface area contributed by atoms with Gasteiger partial charge in [0.15, 0.2) is 5.78 Å². The third-order valence-electron chi connectivity index (χ3n) is 15.8. The van der Waals surface area contributed by atoms with Gasteiger partial charge in [-0.05, 0) is 160 Å². The molecule has 4 aliphatic rings. The van der Waals surface area contributed by atoms with Gasteiger partial charge in [-0.2, -0.15) is 0 Å². The molecule has 0 aliphatic heterocycles. The first-order chi connectivity index (χ1) is 29.9. The molecule has 4 aliphatic carbocycles. The Bertz CT molecular complexity index is 2150. The number of nitrogens with two attached hydrogens (primary N) is 2. The lowest BCUT2D eigenvalue weighted by molar-refractivity contribution is -0.150. The molecular weight excluding hydrogens is 809 g/mol. The van der Waals surface area contributed by atoms with E-state index in [1.807, 2.05) is 66.7 Å². The van der Waals surface area contributed by atoms with Crippen molar-refractivity contribution in [1.82, 2.24) is 10.6 Å². The summed E-state index contributed by atoms with van der Waals surface area (Å²) in [5.41, 5.74) is 14.4. The number of urea groups is 1. The molecule has 2 aromatic rings. The highest BCUT2D eigenvalue weighted by atomic mass is 16.6. The summed E-state index contributed by atoms with van der Waals surface area (Å²) >= 11 is 0. The molecule has 0 aromatic heterocycles. The minimum absolute atomic E-state index is 0.0121. The molecular formula is C51H74N6O7. The minimum Gasteiger partial charge on any atom is -0.444 e. The van der Waals surface area contributed by atoms with Gasteiger partial charge in [-0.1, -0.05) is 66.5 Å². The Labute approximate surface area is 380 Å². The normalized spacial score (nSPS) is 28.2. The zero-order chi connectivity index (χ0) is 47.0. The van der Waals surface area contributed by atoms with Crippen LogP contribution in [0.1, 0.15) is 155 Å². The van der Waals surface area contributed by atoms with Gasteiger partial charge in [0.1, 0.15) is 5.60 Å². The molecule has 2 aromatic carbocycles. The van der Waals surface area contributed by atoms with E-state index in [4.69, 9.17) is 16.2 Å². The number of ether oxygens (including phenoxy) is 1. The fourth-order valence-corrected chi connectivity index (χ4v) is 12.3. The lowest BCUT2D eigenvalue weighted by Gasteiger charge is -2.56. The number of ketones is 1. The fourth-order valence-electron chi connectivity index (χ4n) is 12.3. The molecule has 2 saturated carbocycles. The minimum atomic E-state index is -0.811. The van der Waals surface area contributed by atoms with E-state index in [1.54, 1.807) is 0 Å². The van der Waals surface area contributed by atoms with Crippen molar-refractivity contribution >= 4 is 47.0 Å². The van der Waals surface area contributed by atoms with Crippen LogP contribution in [0.5, 0.6) is 0 Å². The van der Waals surface area contributed by atoms with E-state index >= 15 is 0 Å². The Balaban J connectivity index is 1.19. The second kappa shape index (κ2) is 18.6. The molecule has 0 saturated heterocycles. The van der Waals surface area contributed by atoms with Crippen molar-refractivity contribution in [3.05, 3.63) is 58.7 Å². The van der Waals surface area contributed by atoms with Gasteiger partial charge in [0.25, 0.3) is 0 Å². The molecule has 0 radical (unpaired) electrons. The van der Waals surface area contributed by atoms with E-state index in [9.17, 15) is 28.8 Å². The monoisotopic (exact) mass is 883 g/mol. The van der Waals surface area contributed by atoms with Crippen molar-refractivity contribution in [3.63, 3.8) is 0 Å². The predicted molar refractivity (Wildman–Crippen MR) is 250 cm³/mol. The summed E-state index contributed by atoms with van der Waals surface area (Å²) in [4.78, 5) is 80.6. The molecule has 13 nitrogen and oxygen atoms in total. The van der Waals surface area contributed by atoms with Crippen molar-refractivity contribution in [3.8, 4) is 0 Å². The van der Waals surface area contributed by atoms with Crippen LogP contribution in [-0.4, -0.2) is 53.8 Å². The summed E-state index contributed by atoms with van der Waals surface area (Å²) < 4.78 is 5.53. The average molecular weight is 883 g/mol. The van der Waals surface area contributed by atoms with Crippen molar-refractivity contribution in [2.75, 3.05) is 17.2 Å². The molecule has 350 valence electrons. The predicted octanol–water partition coefficient (Wildman–Crippen LogP) is 8.34. The second-order valence-electron chi connectivity index (χ2n) is 21.8. The third-order valence-corrected chi connectivity index (χ3v) is 15.8. The molecule has 0 heterocycles. The Morgan fingerprint density at radius 1 is 0.766 bits per heavy atom. The molecule has 8 atom stereocenters. The highest BCUT2D eigenvalue weighted by Gasteiger charge is 2.58. The second-order valence-corrected chi connectivity index (χ2v) is 21.8. The number of nitrogens with one attached hydrogen (secondary N) is 4. The van der Waals surface area contributed by atoms with Crippen molar-refractivity contribution in [2.45, 2.75) is 168 Å². The Hall–Kier alpha value is -4.78. The molecule has 0 bridgehead atoms. The van der Waals surface area contributed by atoms with Crippen LogP contribution in [0.2, 0.25) is 0 Å². The molecule has 64 heavy (non-hydrogen) atoms. The number of Topliss-reactive ketones (excluding diaryl/α,β-unsaturated/α-hetero) is 1. The lowest BCUT2D eigenvalue weighted by Crippen LogP contribution is -2.60. The van der Waals surface area contributed by atoms with Gasteiger partial charge in [-0.15, -0.1) is 0 Å². The highest BCUT2D eigenvalue weighted by molar-refractivity contribution is 6.01. The number of fused-ring (bicyclic) bond motifs is 6. The molecule has 13 heteroatoms. The Morgan fingerprint density at radius 2 is 1.27 bits per heavy atom. The number of amides is 6. The van der Waals surface area contributed by atoms with E-state index < -0.39 is 45.9 Å². The van der Waals surface area contributed by atoms with Gasteiger partial charge < -0.3 is 26.8 Å². The number of anilines is 2. The van der Waals surface area contributed by atoms with Crippen LogP contribution >= 0.6 is 0 Å². The number of aryl methyl sites for hydroxylation is 2. The molecule has 6 amide bonds. The lowest BCUT2D eigenvalue weighted by atomic mass is 9.49. The van der Waals surface area contributed by atoms with Crippen molar-refractivity contribution in [2.24, 2.45) is 46.0 Å². The summed E-state index contributed by atoms with van der Waals surface area (Å²) in [6, 6.07) is 10.7. The first-order valence-electron chi connectivity index (χ1n) is 23.7. The van der Waals surface area contributed by atoms with E-state index in [0.717, 1.165) is 62.5 Å². The Kier molecular flexibility index (Phi) is 14.1. The van der Waals surface area contributed by atoms with Crippen molar-refractivity contribution < 1.29 is 33.5 Å². The number of hydrogen-bond donors (Lipinski definition) is 6. The van der Waals surface area contributed by atoms with Crippen LogP contribution in [0.3, 0.4) is 0 Å². The number of rotatable bonds is 13. The van der Waals surface area contributed by atoms with Crippen LogP contribution in [0.15, 0.2) is 36.4 Å². The quantitative estimate of drug-likeness (QED) is 0.0848. The summed E-state index contributed by atoms with van der Waals surface area (Å²) in [6.45, 7) is 18.1. The first kappa shape index (κ1) is 48.7. The molecule has 8 N–H and O–H groups in total. The number of benzene rings is 2. The van der Waals surface area contributed by atoms with Gasteiger partial charge in [-0.3, -0.25) is 29.8 Å². The zero-order valence-corrected chi connectivity index (χ0v) is 39.8. The number of hydrogen-bond acceptors (Lipinski definition) is 8. The summed E-state index contributed by atoms with van der Waals surface area (Å²) in [5, 5.41) is 11.6. The maximum atomic E-state index is 14.8. The average Bonchev–Trinajstić information content (AvgIpc) is 3.20. The van der Waals surface area contributed by atoms with Gasteiger partial charge >= 0.3 is 12.1 Å². The summed E-state index contributed by atoms with van der Waals surface area (Å²) in [6.07, 6.45) is 8.21. The number of primary amides is 1. The first-order valence-corrected chi connectivity index (χ1v) is 23.7. The number of carbonyl (C=O) groups is 6. The van der Waals surface area contributed by atoms with Crippen LogP contribution in [0.4, 0.5) is 21.0 Å². The van der Waals surface area contributed by atoms with Gasteiger partial charge in [0.2, 0.25) is 17.7 Å². The SMILES string of the molecule is CC(C)[C@H](N)C(=O)C[C@@H](CCCNC(N)=O)C(=O)Nc1ccc2c(c1)[C@@]1(C)CCC[C@](C)(C(=O)NC(=O)[C@@]3(C)CCC[C@]4(C)c5cc(NC(=O)OC(C)(C)C)ccc5CC[C@@H]34)[C@@H]1CC2. The van der Waals surface area contributed by atoms with Crippen LogP contribution in [0.25, 0.3) is 0 Å². The Morgan fingerprint density at radius 3 is 1.73 bits per heavy atom. The van der Waals surface area contributed by atoms with Gasteiger partial charge in [0.05, 0.1) is 16.9 Å². The van der Waals surface area contributed by atoms with Crippen LogP contribution in [0, 0.1) is 34.5 Å². The van der Waals surface area contributed by atoms with Gasteiger partial charge in [-0.25, -0.2) is 9.59 Å². The number of imide groups is 1. The molecule has 0 unspecified atom stereocenters. The topological polar surface area (TPSA) is 212 Å². The van der Waals surface area contributed by atoms with E-state index in [1.165, 1.54) is 11.1 Å². The third kappa shape index (κ3) is 9.89. The molecule has 0 spiro atoms. The number of carbonyl (C=O) groups excluding carboxylic acids is 6. The van der Waals surface area contributed by atoms with E-state index in [2.05, 4.69) is 53.3 Å². The maximum absolute atomic E-state index is 14.8. The standard InChI is InChI=1S/C51H74N6O7/c1-30(2)41(52)38(58)27-33(13-10-26-54-45(53)62)42(59)55-34-18-14-31-16-20-39-48(6,36(31)28-34)22-11-24-50(39,8)43(60)57-44(61)51(9)25-12-23-49(7)37-29-35(56-46(63)64-47(3,4)5)19-15-32(37)17-21-40(49)51/h14-15,18-19,28-30,33,39-41H,10-13,16-17,20-27,52H2,1-9H3,(H,55,59)(H,56,63)(H3,53,54,62)(H,57,60,61)/t33-,39-,40-,41+,48-,49-,50+,51+/m1/s1. The van der Waals surface area contributed by atoms with Crippen LogP contribution in [-0.2, 0) is 47.6 Å². The largest absolute Gasteiger partial charge is 0.444 e. The zero-order valence-electron chi connectivity index (χ0n) is 39.8.